The smallest absolute Gasteiger partial charge is 0.123 e. The van der Waals surface area contributed by atoms with Crippen molar-refractivity contribution >= 4 is 27.8 Å². The minimum Gasteiger partial charge on any atom is -0.507 e. The third-order valence-corrected chi connectivity index (χ3v) is 4.51. The van der Waals surface area contributed by atoms with E-state index >= 15 is 0 Å². The molecule has 2 N–H and O–H groups in total. The molecule has 20 heavy (non-hydrogen) atoms. The summed E-state index contributed by atoms with van der Waals surface area (Å²) < 4.78 is 0. The van der Waals surface area contributed by atoms with Crippen LogP contribution < -0.4 is 5.32 Å². The van der Waals surface area contributed by atoms with Gasteiger partial charge < -0.3 is 10.4 Å². The Hall–Kier alpha value is -2.00. The molecule has 3 aromatic rings. The minimum atomic E-state index is 0.308. The van der Waals surface area contributed by atoms with E-state index in [0.717, 1.165) is 22.9 Å². The average Bonchev–Trinajstić information content (AvgIpc) is 2.99. The number of phenols is 1. The lowest BCUT2D eigenvalue weighted by Crippen LogP contribution is -2.08. The zero-order valence-corrected chi connectivity index (χ0v) is 12.2. The van der Waals surface area contributed by atoms with Crippen LogP contribution in [0.5, 0.6) is 5.75 Å². The highest BCUT2D eigenvalue weighted by molar-refractivity contribution is 7.10. The Morgan fingerprint density at radius 2 is 1.85 bits per heavy atom. The fourth-order valence-corrected chi connectivity index (χ4v) is 3.33. The first-order chi connectivity index (χ1) is 9.79. The van der Waals surface area contributed by atoms with Crippen LogP contribution in [0.25, 0.3) is 10.8 Å². The van der Waals surface area contributed by atoms with Gasteiger partial charge in [-0.3, -0.25) is 0 Å². The summed E-state index contributed by atoms with van der Waals surface area (Å²) in [7, 11) is 0. The summed E-state index contributed by atoms with van der Waals surface area (Å²) in [5, 5.41) is 17.6. The fraction of sp³-hybridized carbons (Fsp3) is 0.176. The summed E-state index contributed by atoms with van der Waals surface area (Å²) in [5.74, 6) is 0.329. The zero-order valence-electron chi connectivity index (χ0n) is 11.3. The van der Waals surface area contributed by atoms with Crippen molar-refractivity contribution in [1.29, 1.82) is 0 Å². The lowest BCUT2D eigenvalue weighted by Gasteiger charge is -2.18. The quantitative estimate of drug-likeness (QED) is 0.692. The lowest BCUT2D eigenvalue weighted by molar-refractivity contribution is 0.481. The van der Waals surface area contributed by atoms with Crippen molar-refractivity contribution in [3.63, 3.8) is 0 Å². The summed E-state index contributed by atoms with van der Waals surface area (Å²) in [5.41, 5.74) is 1.07. The van der Waals surface area contributed by atoms with Crippen molar-refractivity contribution in [2.24, 2.45) is 0 Å². The number of fused-ring (bicyclic) bond motifs is 1. The van der Waals surface area contributed by atoms with E-state index in [1.165, 1.54) is 4.88 Å². The zero-order chi connectivity index (χ0) is 13.9. The predicted octanol–water partition coefficient (Wildman–Crippen LogP) is 5.17. The SMILES string of the molecule is CCC(Nc1cccc2c(O)cccc12)c1cccs1. The first kappa shape index (κ1) is 13.0. The topological polar surface area (TPSA) is 32.3 Å². The molecule has 0 saturated heterocycles. The molecule has 3 heteroatoms. The summed E-state index contributed by atoms with van der Waals surface area (Å²) in [6.07, 6.45) is 1.02. The van der Waals surface area contributed by atoms with E-state index in [2.05, 4.69) is 35.8 Å². The Morgan fingerprint density at radius 3 is 2.60 bits per heavy atom. The van der Waals surface area contributed by atoms with Gasteiger partial charge in [-0.1, -0.05) is 37.3 Å². The molecule has 1 unspecified atom stereocenters. The molecule has 0 saturated carbocycles. The highest BCUT2D eigenvalue weighted by atomic mass is 32.1. The molecule has 0 spiro atoms. The maximum absolute atomic E-state index is 9.95. The molecule has 1 aromatic heterocycles. The fourth-order valence-electron chi connectivity index (χ4n) is 2.47. The van der Waals surface area contributed by atoms with Gasteiger partial charge in [-0.25, -0.2) is 0 Å². The molecule has 0 aliphatic rings. The van der Waals surface area contributed by atoms with Crippen LogP contribution in [0.2, 0.25) is 0 Å². The Labute approximate surface area is 122 Å². The van der Waals surface area contributed by atoms with Gasteiger partial charge in [0.05, 0.1) is 6.04 Å². The van der Waals surface area contributed by atoms with Crippen molar-refractivity contribution < 1.29 is 5.11 Å². The Morgan fingerprint density at radius 1 is 1.05 bits per heavy atom. The second-order valence-corrected chi connectivity index (χ2v) is 5.78. The third kappa shape index (κ3) is 2.37. The number of hydrogen-bond acceptors (Lipinski definition) is 3. The van der Waals surface area contributed by atoms with E-state index in [9.17, 15) is 5.11 Å². The maximum Gasteiger partial charge on any atom is 0.123 e. The highest BCUT2D eigenvalue weighted by Gasteiger charge is 2.12. The Balaban J connectivity index is 2.00. The van der Waals surface area contributed by atoms with Crippen molar-refractivity contribution in [1.82, 2.24) is 0 Å². The van der Waals surface area contributed by atoms with E-state index in [-0.39, 0.29) is 0 Å². The molecule has 0 radical (unpaired) electrons. The van der Waals surface area contributed by atoms with Crippen molar-refractivity contribution in [3.05, 3.63) is 58.8 Å². The normalized spacial score (nSPS) is 12.4. The molecule has 2 nitrogen and oxygen atoms in total. The van der Waals surface area contributed by atoms with E-state index in [1.54, 1.807) is 17.4 Å². The summed E-state index contributed by atoms with van der Waals surface area (Å²) in [4.78, 5) is 1.34. The van der Waals surface area contributed by atoms with Gasteiger partial charge in [0, 0.05) is 21.3 Å². The van der Waals surface area contributed by atoms with Gasteiger partial charge in [0.2, 0.25) is 0 Å². The molecule has 0 bridgehead atoms. The summed E-state index contributed by atoms with van der Waals surface area (Å²) in [6, 6.07) is 16.2. The average molecular weight is 283 g/mol. The number of phenolic OH excluding ortho intramolecular Hbond substituents is 1. The second kappa shape index (κ2) is 5.55. The van der Waals surface area contributed by atoms with E-state index < -0.39 is 0 Å². The number of nitrogens with one attached hydrogen (secondary N) is 1. The number of anilines is 1. The molecule has 1 heterocycles. The Kier molecular flexibility index (Phi) is 3.61. The predicted molar refractivity (Wildman–Crippen MR) is 86.6 cm³/mol. The van der Waals surface area contributed by atoms with E-state index in [1.807, 2.05) is 24.3 Å². The minimum absolute atomic E-state index is 0.308. The lowest BCUT2D eigenvalue weighted by atomic mass is 10.1. The van der Waals surface area contributed by atoms with Crippen LogP contribution in [0.3, 0.4) is 0 Å². The van der Waals surface area contributed by atoms with Crippen molar-refractivity contribution in [2.45, 2.75) is 19.4 Å². The van der Waals surface area contributed by atoms with Gasteiger partial charge in [-0.15, -0.1) is 11.3 Å². The van der Waals surface area contributed by atoms with Crippen LogP contribution in [0.4, 0.5) is 5.69 Å². The molecular formula is C17H17NOS. The van der Waals surface area contributed by atoms with Crippen molar-refractivity contribution in [2.75, 3.05) is 5.32 Å². The third-order valence-electron chi connectivity index (χ3n) is 3.52. The molecule has 0 aliphatic carbocycles. The number of hydrogen-bond donors (Lipinski definition) is 2. The van der Waals surface area contributed by atoms with Gasteiger partial charge in [-0.2, -0.15) is 0 Å². The number of benzene rings is 2. The maximum atomic E-state index is 9.95. The summed E-state index contributed by atoms with van der Waals surface area (Å²) >= 11 is 1.77. The van der Waals surface area contributed by atoms with Gasteiger partial charge >= 0.3 is 0 Å². The Bertz CT molecular complexity index is 706. The molecule has 3 rings (SSSR count). The molecule has 0 aliphatic heterocycles. The number of thiophene rings is 1. The first-order valence-corrected chi connectivity index (χ1v) is 7.68. The molecule has 2 aromatic carbocycles. The van der Waals surface area contributed by atoms with Crippen molar-refractivity contribution in [3.8, 4) is 5.75 Å². The molecule has 0 amide bonds. The van der Waals surface area contributed by atoms with Crippen LogP contribution >= 0.6 is 11.3 Å². The number of rotatable bonds is 4. The van der Waals surface area contributed by atoms with E-state index in [4.69, 9.17) is 0 Å². The van der Waals surface area contributed by atoms with Gasteiger partial charge in [0.1, 0.15) is 5.75 Å². The van der Waals surface area contributed by atoms with Crippen LogP contribution in [0, 0.1) is 0 Å². The first-order valence-electron chi connectivity index (χ1n) is 6.80. The van der Waals surface area contributed by atoms with Crippen LogP contribution in [-0.4, -0.2) is 5.11 Å². The van der Waals surface area contributed by atoms with E-state index in [0.29, 0.717) is 11.8 Å². The van der Waals surface area contributed by atoms with Gasteiger partial charge in [0.15, 0.2) is 0 Å². The summed E-state index contributed by atoms with van der Waals surface area (Å²) in [6.45, 7) is 2.18. The molecule has 102 valence electrons. The highest BCUT2D eigenvalue weighted by Crippen LogP contribution is 2.33. The van der Waals surface area contributed by atoms with Gasteiger partial charge in [-0.05, 0) is 30.0 Å². The standard InChI is InChI=1S/C17H17NOS/c1-2-14(17-10-5-11-20-17)18-15-8-3-7-13-12(15)6-4-9-16(13)19/h3-11,14,18-19H,2H2,1H3. The molecule has 0 fully saturated rings. The molecule has 1 atom stereocenters. The van der Waals surface area contributed by atoms with Gasteiger partial charge in [0.25, 0.3) is 0 Å². The second-order valence-electron chi connectivity index (χ2n) is 4.80. The van der Waals surface area contributed by atoms with Crippen LogP contribution in [-0.2, 0) is 0 Å². The molecular weight excluding hydrogens is 266 g/mol. The largest absolute Gasteiger partial charge is 0.507 e. The van der Waals surface area contributed by atoms with Crippen LogP contribution in [0.15, 0.2) is 53.9 Å². The monoisotopic (exact) mass is 283 g/mol. The van der Waals surface area contributed by atoms with Crippen LogP contribution in [0.1, 0.15) is 24.3 Å². The number of aromatic hydroxyl groups is 1.